The molecular formula is C4H3Cl2N3. The molecule has 1 rings (SSSR count). The Morgan fingerprint density at radius 2 is 2.11 bits per heavy atom. The molecule has 0 fully saturated rings. The predicted octanol–water partition coefficient (Wildman–Crippen LogP) is 1.37. The number of nitrogens with two attached hydrogens (primary N) is 1. The summed E-state index contributed by atoms with van der Waals surface area (Å²) in [4.78, 5) is 7.25. The maximum atomic E-state index is 5.42. The molecule has 0 aliphatic carbocycles. The van der Waals surface area contributed by atoms with Gasteiger partial charge in [-0.05, 0) is 0 Å². The van der Waals surface area contributed by atoms with Crippen LogP contribution in [-0.2, 0) is 0 Å². The van der Waals surface area contributed by atoms with E-state index in [4.69, 9.17) is 28.9 Å². The van der Waals surface area contributed by atoms with E-state index in [1.807, 2.05) is 0 Å². The van der Waals surface area contributed by atoms with Crippen LogP contribution in [0.15, 0.2) is 6.20 Å². The van der Waals surface area contributed by atoms with Gasteiger partial charge in [-0.2, -0.15) is 0 Å². The highest BCUT2D eigenvalue weighted by atomic mass is 35.5. The van der Waals surface area contributed by atoms with E-state index in [0.717, 1.165) is 0 Å². The largest absolute Gasteiger partial charge is 0.381 e. The molecule has 0 atom stereocenters. The second-order valence-corrected chi connectivity index (χ2v) is 2.11. The average molecular weight is 164 g/mol. The van der Waals surface area contributed by atoms with E-state index in [2.05, 4.69) is 9.97 Å². The molecule has 1 aromatic heterocycles. The first-order chi connectivity index (χ1) is 4.20. The number of nitrogens with zero attached hydrogens (tertiary/aromatic N) is 2. The normalized spacial score (nSPS) is 9.56. The molecule has 0 radical (unpaired) electrons. The minimum Gasteiger partial charge on any atom is -0.381 e. The van der Waals surface area contributed by atoms with Crippen molar-refractivity contribution in [2.75, 3.05) is 5.73 Å². The molecule has 1 aromatic rings. The lowest BCUT2D eigenvalue weighted by atomic mass is 10.7. The Balaban J connectivity index is 3.17. The number of hydrogen-bond acceptors (Lipinski definition) is 3. The topological polar surface area (TPSA) is 51.8 Å². The van der Waals surface area contributed by atoms with Crippen molar-refractivity contribution < 1.29 is 0 Å². The minimum absolute atomic E-state index is 0.157. The lowest BCUT2D eigenvalue weighted by molar-refractivity contribution is 1.21. The Bertz CT molecular complexity index is 225. The van der Waals surface area contributed by atoms with Crippen LogP contribution in [-0.4, -0.2) is 9.97 Å². The molecule has 0 aliphatic rings. The molecule has 0 aliphatic heterocycles. The van der Waals surface area contributed by atoms with E-state index >= 15 is 0 Å². The third kappa shape index (κ3) is 1.43. The zero-order valence-electron chi connectivity index (χ0n) is 4.31. The monoisotopic (exact) mass is 163 g/mol. The van der Waals surface area contributed by atoms with Gasteiger partial charge in [-0.3, -0.25) is 0 Å². The Hall–Kier alpha value is -0.540. The predicted molar refractivity (Wildman–Crippen MR) is 36.5 cm³/mol. The first-order valence-electron chi connectivity index (χ1n) is 2.13. The van der Waals surface area contributed by atoms with Crippen LogP contribution in [0.3, 0.4) is 0 Å². The van der Waals surface area contributed by atoms with Crippen LogP contribution in [0.4, 0.5) is 5.82 Å². The van der Waals surface area contributed by atoms with Crippen molar-refractivity contribution in [1.82, 2.24) is 9.97 Å². The van der Waals surface area contributed by atoms with Gasteiger partial charge >= 0.3 is 0 Å². The van der Waals surface area contributed by atoms with Crippen LogP contribution < -0.4 is 5.73 Å². The molecule has 48 valence electrons. The number of aromatic nitrogens is 2. The highest BCUT2D eigenvalue weighted by Crippen LogP contribution is 2.13. The Labute approximate surface area is 61.8 Å². The maximum Gasteiger partial charge on any atom is 0.171 e. The molecule has 1 heterocycles. The fraction of sp³-hybridized carbons (Fsp3) is 0. The zero-order chi connectivity index (χ0) is 6.85. The van der Waals surface area contributed by atoms with Crippen molar-refractivity contribution in [3.8, 4) is 0 Å². The molecule has 0 amide bonds. The fourth-order valence-electron chi connectivity index (χ4n) is 0.366. The van der Waals surface area contributed by atoms with E-state index < -0.39 is 0 Å². The number of halogens is 2. The smallest absolute Gasteiger partial charge is 0.171 e. The average Bonchev–Trinajstić information content (AvgIpc) is 1.80. The summed E-state index contributed by atoms with van der Waals surface area (Å²) < 4.78 is 0. The number of nitrogen functional groups attached to an aromatic ring is 1. The van der Waals surface area contributed by atoms with Crippen LogP contribution in [0.25, 0.3) is 0 Å². The minimum atomic E-state index is 0.157. The standard InChI is InChI=1S/C4H3Cl2N3/c5-2-1-8-3(6)4(7)9-2/h1H,(H2,7,9). The summed E-state index contributed by atoms with van der Waals surface area (Å²) in [7, 11) is 0. The summed E-state index contributed by atoms with van der Waals surface area (Å²) >= 11 is 10.8. The van der Waals surface area contributed by atoms with Gasteiger partial charge in [0.2, 0.25) is 0 Å². The fourth-order valence-corrected chi connectivity index (χ4v) is 0.597. The van der Waals surface area contributed by atoms with Gasteiger partial charge in [0.1, 0.15) is 5.15 Å². The number of hydrogen-bond donors (Lipinski definition) is 1. The Morgan fingerprint density at radius 1 is 1.44 bits per heavy atom. The van der Waals surface area contributed by atoms with Crippen LogP contribution in [0.1, 0.15) is 0 Å². The van der Waals surface area contributed by atoms with Gasteiger partial charge in [0, 0.05) is 0 Å². The third-order valence-electron chi connectivity index (χ3n) is 0.723. The second kappa shape index (κ2) is 2.37. The van der Waals surface area contributed by atoms with Crippen LogP contribution in [0.5, 0.6) is 0 Å². The molecule has 3 nitrogen and oxygen atoms in total. The molecule has 0 unspecified atom stereocenters. The summed E-state index contributed by atoms with van der Waals surface area (Å²) in [5.41, 5.74) is 5.23. The molecule has 9 heavy (non-hydrogen) atoms. The van der Waals surface area contributed by atoms with Gasteiger partial charge in [-0.15, -0.1) is 0 Å². The highest BCUT2D eigenvalue weighted by molar-refractivity contribution is 6.32. The van der Waals surface area contributed by atoms with E-state index in [9.17, 15) is 0 Å². The number of anilines is 1. The number of rotatable bonds is 0. The Morgan fingerprint density at radius 3 is 2.56 bits per heavy atom. The molecule has 0 aromatic carbocycles. The summed E-state index contributed by atoms with van der Waals surface area (Å²) in [5, 5.41) is 0.427. The van der Waals surface area contributed by atoms with E-state index in [-0.39, 0.29) is 16.1 Å². The van der Waals surface area contributed by atoms with Gasteiger partial charge in [0.05, 0.1) is 6.20 Å². The van der Waals surface area contributed by atoms with Crippen molar-refractivity contribution >= 4 is 29.0 Å². The van der Waals surface area contributed by atoms with Crippen molar-refractivity contribution in [1.29, 1.82) is 0 Å². The first-order valence-corrected chi connectivity index (χ1v) is 2.89. The maximum absolute atomic E-state index is 5.42. The van der Waals surface area contributed by atoms with Crippen molar-refractivity contribution in [2.45, 2.75) is 0 Å². The van der Waals surface area contributed by atoms with Crippen LogP contribution >= 0.6 is 23.2 Å². The van der Waals surface area contributed by atoms with E-state index in [1.54, 1.807) is 0 Å². The highest BCUT2D eigenvalue weighted by Gasteiger charge is 1.96. The molecule has 5 heteroatoms. The van der Waals surface area contributed by atoms with E-state index in [0.29, 0.717) is 0 Å². The van der Waals surface area contributed by atoms with Gasteiger partial charge in [-0.1, -0.05) is 23.2 Å². The summed E-state index contributed by atoms with van der Waals surface area (Å²) in [5.74, 6) is 0.157. The summed E-state index contributed by atoms with van der Waals surface area (Å²) in [6.07, 6.45) is 1.33. The summed E-state index contributed by atoms with van der Waals surface area (Å²) in [6.45, 7) is 0. The van der Waals surface area contributed by atoms with Crippen molar-refractivity contribution in [3.63, 3.8) is 0 Å². The lowest BCUT2D eigenvalue weighted by Gasteiger charge is -1.92. The first kappa shape index (κ1) is 6.58. The van der Waals surface area contributed by atoms with Gasteiger partial charge in [0.25, 0.3) is 0 Å². The van der Waals surface area contributed by atoms with Crippen LogP contribution in [0.2, 0.25) is 10.3 Å². The van der Waals surface area contributed by atoms with Gasteiger partial charge in [-0.25, -0.2) is 9.97 Å². The Kier molecular flexibility index (Phi) is 1.73. The third-order valence-corrected chi connectivity index (χ3v) is 1.20. The van der Waals surface area contributed by atoms with Gasteiger partial charge in [0.15, 0.2) is 11.0 Å². The molecular weight excluding hydrogens is 161 g/mol. The zero-order valence-corrected chi connectivity index (χ0v) is 5.82. The quantitative estimate of drug-likeness (QED) is 0.629. The van der Waals surface area contributed by atoms with Crippen molar-refractivity contribution in [2.24, 2.45) is 0 Å². The second-order valence-electron chi connectivity index (χ2n) is 1.37. The molecule has 0 saturated carbocycles. The van der Waals surface area contributed by atoms with E-state index in [1.165, 1.54) is 6.20 Å². The van der Waals surface area contributed by atoms with Gasteiger partial charge < -0.3 is 5.73 Å². The summed E-state index contributed by atoms with van der Waals surface area (Å²) in [6, 6.07) is 0. The van der Waals surface area contributed by atoms with Crippen LogP contribution in [0, 0.1) is 0 Å². The molecule has 0 bridgehead atoms. The molecule has 2 N–H and O–H groups in total. The molecule has 0 saturated heterocycles. The SMILES string of the molecule is Nc1nc(Cl)cnc1Cl. The molecule has 0 spiro atoms. The van der Waals surface area contributed by atoms with Crippen molar-refractivity contribution in [3.05, 3.63) is 16.5 Å². The lowest BCUT2D eigenvalue weighted by Crippen LogP contribution is -1.92.